The minimum atomic E-state index is -0.712. The van der Waals surface area contributed by atoms with Gasteiger partial charge in [-0.1, -0.05) is 12.8 Å². The summed E-state index contributed by atoms with van der Waals surface area (Å²) in [5, 5.41) is 13.2. The molecule has 1 fully saturated rings. The van der Waals surface area contributed by atoms with E-state index in [2.05, 4.69) is 10.3 Å². The number of carbonyl (C=O) groups is 1. The van der Waals surface area contributed by atoms with Crippen LogP contribution in [0.3, 0.4) is 0 Å². The molecule has 8 heteroatoms. The zero-order chi connectivity index (χ0) is 16.4. The van der Waals surface area contributed by atoms with E-state index in [1.807, 2.05) is 0 Å². The first kappa shape index (κ1) is 15.5. The van der Waals surface area contributed by atoms with Crippen LogP contribution in [0.2, 0.25) is 0 Å². The van der Waals surface area contributed by atoms with Crippen molar-refractivity contribution in [2.45, 2.75) is 31.6 Å². The molecule has 0 spiro atoms. The summed E-state index contributed by atoms with van der Waals surface area (Å²) < 4.78 is 13.8. The van der Waals surface area contributed by atoms with E-state index in [4.69, 9.17) is 0 Å². The van der Waals surface area contributed by atoms with Crippen molar-refractivity contribution in [2.75, 3.05) is 5.32 Å². The fourth-order valence-electron chi connectivity index (χ4n) is 2.82. The van der Waals surface area contributed by atoms with Gasteiger partial charge in [-0.05, 0) is 18.9 Å². The molecule has 1 aromatic carbocycles. The van der Waals surface area contributed by atoms with Crippen molar-refractivity contribution >= 4 is 28.6 Å². The summed E-state index contributed by atoms with van der Waals surface area (Å²) in [6, 6.07) is 3.05. The van der Waals surface area contributed by atoms with Crippen molar-refractivity contribution in [3.63, 3.8) is 0 Å². The molecular formula is C15H14FN3O3S. The average molecular weight is 335 g/mol. The number of halogens is 1. The number of nitrogens with zero attached hydrogens (tertiary/aromatic N) is 2. The number of hydrogen-bond donors (Lipinski definition) is 1. The fraction of sp³-hybridized carbons (Fsp3) is 0.333. The lowest BCUT2D eigenvalue weighted by molar-refractivity contribution is -0.384. The topological polar surface area (TPSA) is 85.1 Å². The maximum atomic E-state index is 13.8. The molecule has 0 saturated heterocycles. The number of carbonyl (C=O) groups excluding carboxylic acids is 1. The molecular weight excluding hydrogens is 321 g/mol. The van der Waals surface area contributed by atoms with Gasteiger partial charge in [0.15, 0.2) is 0 Å². The third kappa shape index (κ3) is 3.21. The maximum Gasteiger partial charge on any atom is 0.271 e. The highest BCUT2D eigenvalue weighted by atomic mass is 32.1. The molecule has 1 heterocycles. The highest BCUT2D eigenvalue weighted by Gasteiger charge is 2.26. The van der Waals surface area contributed by atoms with Gasteiger partial charge in [0.1, 0.15) is 10.7 Å². The summed E-state index contributed by atoms with van der Waals surface area (Å²) in [5.41, 5.74) is 1.87. The van der Waals surface area contributed by atoms with Gasteiger partial charge >= 0.3 is 0 Å². The Morgan fingerprint density at radius 1 is 1.39 bits per heavy atom. The van der Waals surface area contributed by atoms with Crippen LogP contribution in [0.15, 0.2) is 23.7 Å². The maximum absolute atomic E-state index is 13.8. The van der Waals surface area contributed by atoms with Gasteiger partial charge in [0.25, 0.3) is 11.6 Å². The molecule has 1 aromatic heterocycles. The molecule has 1 N–H and O–H groups in total. The van der Waals surface area contributed by atoms with Crippen LogP contribution in [-0.2, 0) is 0 Å². The molecule has 23 heavy (non-hydrogen) atoms. The van der Waals surface area contributed by atoms with E-state index in [0.29, 0.717) is 4.88 Å². The molecule has 0 atom stereocenters. The van der Waals surface area contributed by atoms with Crippen LogP contribution in [0, 0.1) is 15.9 Å². The molecule has 1 aliphatic carbocycles. The zero-order valence-corrected chi connectivity index (χ0v) is 12.9. The Morgan fingerprint density at radius 3 is 2.83 bits per heavy atom. The lowest BCUT2D eigenvalue weighted by Crippen LogP contribution is -2.14. The van der Waals surface area contributed by atoms with E-state index in [9.17, 15) is 19.3 Å². The second kappa shape index (κ2) is 6.41. The number of nitro benzene ring substituents is 1. The normalized spacial score (nSPS) is 14.8. The molecule has 3 rings (SSSR count). The average Bonchev–Trinajstić information content (AvgIpc) is 3.19. The first-order chi connectivity index (χ1) is 11.1. The molecule has 6 nitrogen and oxygen atoms in total. The van der Waals surface area contributed by atoms with Crippen LogP contribution in [0.1, 0.15) is 47.0 Å². The molecule has 120 valence electrons. The smallest absolute Gasteiger partial charge is 0.271 e. The van der Waals surface area contributed by atoms with Crippen molar-refractivity contribution in [1.82, 2.24) is 4.98 Å². The van der Waals surface area contributed by atoms with Gasteiger partial charge in [0, 0.05) is 18.1 Å². The number of aromatic nitrogens is 1. The third-order valence-electron chi connectivity index (χ3n) is 3.95. The van der Waals surface area contributed by atoms with Crippen LogP contribution in [0.5, 0.6) is 0 Å². The van der Waals surface area contributed by atoms with E-state index < -0.39 is 16.6 Å². The number of benzene rings is 1. The molecule has 0 radical (unpaired) electrons. The van der Waals surface area contributed by atoms with Crippen molar-refractivity contribution in [2.24, 2.45) is 0 Å². The molecule has 1 amide bonds. The van der Waals surface area contributed by atoms with E-state index >= 15 is 0 Å². The monoisotopic (exact) mass is 335 g/mol. The van der Waals surface area contributed by atoms with Crippen LogP contribution in [0.25, 0.3) is 0 Å². The Balaban J connectivity index is 1.84. The number of non-ortho nitro benzene ring substituents is 1. The Morgan fingerprint density at radius 2 is 2.13 bits per heavy atom. The van der Waals surface area contributed by atoms with E-state index in [1.54, 1.807) is 5.51 Å². The number of nitro groups is 1. The largest absolute Gasteiger partial charge is 0.318 e. The fourth-order valence-corrected chi connectivity index (χ4v) is 3.59. The summed E-state index contributed by atoms with van der Waals surface area (Å²) in [5.74, 6) is -0.929. The highest BCUT2D eigenvalue weighted by Crippen LogP contribution is 2.36. The summed E-state index contributed by atoms with van der Waals surface area (Å²) in [7, 11) is 0. The number of rotatable bonds is 4. The van der Waals surface area contributed by atoms with Gasteiger partial charge < -0.3 is 5.32 Å². The number of hydrogen-bond acceptors (Lipinski definition) is 5. The zero-order valence-electron chi connectivity index (χ0n) is 12.1. The number of amides is 1. The van der Waals surface area contributed by atoms with E-state index in [1.165, 1.54) is 11.3 Å². The summed E-state index contributed by atoms with van der Waals surface area (Å²) in [4.78, 5) is 27.3. The molecule has 0 unspecified atom stereocenters. The van der Waals surface area contributed by atoms with Gasteiger partial charge in [-0.25, -0.2) is 9.37 Å². The van der Waals surface area contributed by atoms with Gasteiger partial charge in [0.2, 0.25) is 0 Å². The molecule has 2 aromatic rings. The lowest BCUT2D eigenvalue weighted by Gasteiger charge is -2.10. The Kier molecular flexibility index (Phi) is 4.33. The summed E-state index contributed by atoms with van der Waals surface area (Å²) in [6.07, 6.45) is 4.22. The van der Waals surface area contributed by atoms with Crippen molar-refractivity contribution in [1.29, 1.82) is 0 Å². The van der Waals surface area contributed by atoms with Crippen LogP contribution < -0.4 is 5.32 Å². The SMILES string of the molecule is O=C(Nc1cc([N+](=O)[O-])ccc1F)c1scnc1C1CCCC1. The van der Waals surface area contributed by atoms with Crippen molar-refractivity contribution in [3.8, 4) is 0 Å². The predicted molar refractivity (Wildman–Crippen MR) is 84.3 cm³/mol. The first-order valence-electron chi connectivity index (χ1n) is 7.25. The minimum Gasteiger partial charge on any atom is -0.318 e. The molecule has 1 saturated carbocycles. The van der Waals surface area contributed by atoms with E-state index in [-0.39, 0.29) is 17.3 Å². The highest BCUT2D eigenvalue weighted by molar-refractivity contribution is 7.12. The molecule has 0 bridgehead atoms. The number of nitrogens with one attached hydrogen (secondary N) is 1. The summed E-state index contributed by atoms with van der Waals surface area (Å²) >= 11 is 1.20. The van der Waals surface area contributed by atoms with E-state index in [0.717, 1.165) is 49.6 Å². The third-order valence-corrected chi connectivity index (χ3v) is 4.79. The molecule has 0 aliphatic heterocycles. The van der Waals surface area contributed by atoms with Gasteiger partial charge in [-0.3, -0.25) is 14.9 Å². The Bertz CT molecular complexity index is 756. The number of anilines is 1. The standard InChI is InChI=1S/C15H14FN3O3S/c16-11-6-5-10(19(21)22)7-12(11)18-15(20)14-13(17-8-23-14)9-3-1-2-4-9/h5-9H,1-4H2,(H,18,20). The first-order valence-corrected chi connectivity index (χ1v) is 8.13. The Labute approximate surface area is 135 Å². The van der Waals surface area contributed by atoms with Crippen LogP contribution in [-0.4, -0.2) is 15.8 Å². The van der Waals surface area contributed by atoms with Gasteiger partial charge in [-0.15, -0.1) is 11.3 Å². The quantitative estimate of drug-likeness (QED) is 0.673. The summed E-state index contributed by atoms with van der Waals surface area (Å²) in [6.45, 7) is 0. The predicted octanol–water partition coefficient (Wildman–Crippen LogP) is 4.10. The Hall–Kier alpha value is -2.35. The van der Waals surface area contributed by atoms with Crippen LogP contribution in [0.4, 0.5) is 15.8 Å². The second-order valence-electron chi connectivity index (χ2n) is 5.42. The van der Waals surface area contributed by atoms with Crippen molar-refractivity contribution < 1.29 is 14.1 Å². The lowest BCUT2D eigenvalue weighted by atomic mass is 10.0. The van der Waals surface area contributed by atoms with Crippen LogP contribution >= 0.6 is 11.3 Å². The minimum absolute atomic E-state index is 0.199. The molecule has 1 aliphatic rings. The van der Waals surface area contributed by atoms with Gasteiger partial charge in [0.05, 0.1) is 21.8 Å². The van der Waals surface area contributed by atoms with Crippen molar-refractivity contribution in [3.05, 3.63) is 50.2 Å². The second-order valence-corrected chi connectivity index (χ2v) is 6.28. The number of thiazole rings is 1. The van der Waals surface area contributed by atoms with Gasteiger partial charge in [-0.2, -0.15) is 0 Å².